The van der Waals surface area contributed by atoms with Gasteiger partial charge in [0.15, 0.2) is 5.11 Å². The van der Waals surface area contributed by atoms with Gasteiger partial charge in [0, 0.05) is 18.0 Å². The van der Waals surface area contributed by atoms with Crippen molar-refractivity contribution >= 4 is 34.4 Å². The molecule has 35 heavy (non-hydrogen) atoms. The van der Waals surface area contributed by atoms with Crippen molar-refractivity contribution in [2.24, 2.45) is 5.41 Å². The van der Waals surface area contributed by atoms with Gasteiger partial charge < -0.3 is 21.1 Å². The second-order valence-corrected chi connectivity index (χ2v) is 11.5. The predicted octanol–water partition coefficient (Wildman–Crippen LogP) is 6.05. The number of hydrogen-bond donors (Lipinski definition) is 4. The Bertz CT molecular complexity index is 1130. The Morgan fingerprint density at radius 1 is 1.06 bits per heavy atom. The van der Waals surface area contributed by atoms with Gasteiger partial charge in [-0.15, -0.1) is 0 Å². The van der Waals surface area contributed by atoms with Crippen LogP contribution in [-0.2, 0) is 11.8 Å². The molecule has 0 amide bonds. The summed E-state index contributed by atoms with van der Waals surface area (Å²) in [6.07, 6.45) is 11.2. The van der Waals surface area contributed by atoms with Gasteiger partial charge in [-0.2, -0.15) is 0 Å². The highest BCUT2D eigenvalue weighted by molar-refractivity contribution is 7.80. The van der Waals surface area contributed by atoms with E-state index in [0.717, 1.165) is 42.9 Å². The van der Waals surface area contributed by atoms with Crippen LogP contribution in [0.5, 0.6) is 5.75 Å². The molecule has 6 rings (SSSR count). The number of aromatic hydroxyl groups is 1. The zero-order chi connectivity index (χ0) is 24.0. The number of piperidine rings is 1. The van der Waals surface area contributed by atoms with Crippen LogP contribution in [0.2, 0.25) is 0 Å². The average Bonchev–Trinajstić information content (AvgIpc) is 3.09. The van der Waals surface area contributed by atoms with Crippen molar-refractivity contribution in [1.82, 2.24) is 10.2 Å². The minimum Gasteiger partial charge on any atom is -0.506 e. The molecule has 1 spiro atoms. The van der Waals surface area contributed by atoms with E-state index in [0.29, 0.717) is 22.3 Å². The molecule has 2 aromatic carbocycles. The summed E-state index contributed by atoms with van der Waals surface area (Å²) in [5, 5.41) is 22.0. The second kappa shape index (κ2) is 8.97. The van der Waals surface area contributed by atoms with E-state index >= 15 is 0 Å². The molecule has 2 saturated heterocycles. The van der Waals surface area contributed by atoms with Crippen LogP contribution in [0.1, 0.15) is 69.4 Å². The van der Waals surface area contributed by atoms with Gasteiger partial charge in [0.05, 0.1) is 17.1 Å². The number of hydrogen-bond acceptors (Lipinski definition) is 4. The van der Waals surface area contributed by atoms with Crippen molar-refractivity contribution in [3.05, 3.63) is 47.5 Å². The second-order valence-electron chi connectivity index (χ2n) is 11.1. The van der Waals surface area contributed by atoms with E-state index in [9.17, 15) is 5.11 Å². The summed E-state index contributed by atoms with van der Waals surface area (Å²) in [6.45, 7) is 5.51. The van der Waals surface area contributed by atoms with Crippen molar-refractivity contribution < 1.29 is 5.11 Å². The monoisotopic (exact) mass is 490 g/mol. The Balaban J connectivity index is 1.30. The van der Waals surface area contributed by atoms with Gasteiger partial charge in [-0.05, 0) is 105 Å². The van der Waals surface area contributed by atoms with Crippen molar-refractivity contribution in [3.8, 4) is 5.75 Å². The van der Waals surface area contributed by atoms with E-state index in [1.165, 1.54) is 62.7 Å². The topological polar surface area (TPSA) is 59.6 Å². The maximum Gasteiger partial charge on any atom is 0.170 e. The minimum absolute atomic E-state index is 0.252. The summed E-state index contributed by atoms with van der Waals surface area (Å²) in [7, 11) is 0. The normalized spacial score (nSPS) is 30.2. The summed E-state index contributed by atoms with van der Waals surface area (Å²) in [5.41, 5.74) is 6.16. The third kappa shape index (κ3) is 3.63. The lowest BCUT2D eigenvalue weighted by Crippen LogP contribution is -2.63. The number of thiocarbonyl (C=S) groups is 1. The van der Waals surface area contributed by atoms with Gasteiger partial charge in [0.2, 0.25) is 0 Å². The molecule has 5 nitrogen and oxygen atoms in total. The molecule has 4 N–H and O–H groups in total. The molecule has 186 valence electrons. The van der Waals surface area contributed by atoms with E-state index in [4.69, 9.17) is 12.2 Å². The van der Waals surface area contributed by atoms with Crippen molar-refractivity contribution in [2.75, 3.05) is 30.3 Å². The van der Waals surface area contributed by atoms with E-state index in [-0.39, 0.29) is 5.41 Å². The summed E-state index contributed by atoms with van der Waals surface area (Å²) in [5.74, 6) is 0.358. The molecule has 2 aliphatic carbocycles. The van der Waals surface area contributed by atoms with Crippen LogP contribution in [-0.4, -0.2) is 40.8 Å². The first-order valence-electron chi connectivity index (χ1n) is 13.6. The Kier molecular flexibility index (Phi) is 5.92. The summed E-state index contributed by atoms with van der Waals surface area (Å²) >= 11 is 5.50. The Labute approximate surface area is 214 Å². The Hall–Kier alpha value is -2.31. The largest absolute Gasteiger partial charge is 0.506 e. The fourth-order valence-electron chi connectivity index (χ4n) is 8.01. The number of nitrogens with one attached hydrogen (secondary N) is 3. The number of nitrogens with zero attached hydrogens (tertiary/aromatic N) is 1. The third-order valence-electron chi connectivity index (χ3n) is 9.59. The zero-order valence-electron chi connectivity index (χ0n) is 20.8. The lowest BCUT2D eigenvalue weighted by Gasteiger charge is -2.62. The van der Waals surface area contributed by atoms with Gasteiger partial charge in [-0.25, -0.2) is 0 Å². The average molecular weight is 491 g/mol. The molecule has 4 atom stereocenters. The van der Waals surface area contributed by atoms with Crippen LogP contribution < -0.4 is 16.0 Å². The molecular formula is C29H38N4OS. The molecule has 0 aromatic heterocycles. The predicted molar refractivity (Wildman–Crippen MR) is 148 cm³/mol. The zero-order valence-corrected chi connectivity index (χ0v) is 21.6. The van der Waals surface area contributed by atoms with E-state index in [1.54, 1.807) is 0 Å². The van der Waals surface area contributed by atoms with Crippen LogP contribution in [0.3, 0.4) is 0 Å². The van der Waals surface area contributed by atoms with Crippen LogP contribution in [0.4, 0.5) is 17.1 Å². The molecule has 1 saturated carbocycles. The van der Waals surface area contributed by atoms with E-state index < -0.39 is 0 Å². The molecule has 2 aromatic rings. The molecule has 4 aliphatic rings. The number of phenolic OH excluding ortho intramolecular Hbond substituents is 1. The maximum absolute atomic E-state index is 11.3. The lowest BCUT2D eigenvalue weighted by molar-refractivity contribution is -0.0410. The smallest absolute Gasteiger partial charge is 0.170 e. The van der Waals surface area contributed by atoms with E-state index in [1.807, 2.05) is 24.3 Å². The number of benzene rings is 2. The first-order valence-corrected chi connectivity index (χ1v) is 14.0. The number of rotatable bonds is 6. The minimum atomic E-state index is 0.252. The number of para-hydroxylation sites is 2. The molecule has 4 bridgehead atoms. The SMILES string of the molecule is CCCCNC(=S)Nc1ccccc1Nc1cc2c(cc1O)C13CCCCC14CCN(CC3)C4C2. The first-order chi connectivity index (χ1) is 17.1. The van der Waals surface area contributed by atoms with Gasteiger partial charge in [-0.1, -0.05) is 38.3 Å². The molecule has 0 radical (unpaired) electrons. The maximum atomic E-state index is 11.3. The van der Waals surface area contributed by atoms with Crippen molar-refractivity contribution in [3.63, 3.8) is 0 Å². The van der Waals surface area contributed by atoms with Crippen molar-refractivity contribution in [2.45, 2.75) is 76.2 Å². The van der Waals surface area contributed by atoms with Gasteiger partial charge in [0.25, 0.3) is 0 Å². The standard InChI is InChI=1S/C29H38N4OS/c1-2-3-14-30-27(35)32-23-9-5-4-8-22(23)31-24-17-20-18-26-29-11-7-6-10-28(29,21(20)19-25(24)34)12-15-33(26)16-13-29/h4-5,8-9,17,19,26,31,34H,2-3,6-7,10-16,18H2,1H3,(H2,30,32,35). The van der Waals surface area contributed by atoms with Gasteiger partial charge >= 0.3 is 0 Å². The highest BCUT2D eigenvalue weighted by Crippen LogP contribution is 2.67. The molecule has 4 unspecified atom stereocenters. The number of phenols is 1. The quantitative estimate of drug-likeness (QED) is 0.225. The van der Waals surface area contributed by atoms with Crippen LogP contribution in [0.15, 0.2) is 36.4 Å². The van der Waals surface area contributed by atoms with Crippen LogP contribution in [0, 0.1) is 5.41 Å². The highest BCUT2D eigenvalue weighted by atomic mass is 32.1. The van der Waals surface area contributed by atoms with Gasteiger partial charge in [-0.3, -0.25) is 4.90 Å². The lowest BCUT2D eigenvalue weighted by atomic mass is 9.44. The van der Waals surface area contributed by atoms with Crippen LogP contribution in [0.25, 0.3) is 0 Å². The molecular weight excluding hydrogens is 452 g/mol. The third-order valence-corrected chi connectivity index (χ3v) is 9.84. The highest BCUT2D eigenvalue weighted by Gasteiger charge is 2.65. The summed E-state index contributed by atoms with van der Waals surface area (Å²) < 4.78 is 0. The molecule has 6 heteroatoms. The molecule has 2 heterocycles. The fourth-order valence-corrected chi connectivity index (χ4v) is 8.22. The van der Waals surface area contributed by atoms with Crippen molar-refractivity contribution in [1.29, 1.82) is 0 Å². The number of anilines is 3. The summed E-state index contributed by atoms with van der Waals surface area (Å²) in [4.78, 5) is 2.78. The number of unbranched alkanes of at least 4 members (excludes halogenated alkanes) is 1. The molecule has 2 aliphatic heterocycles. The Morgan fingerprint density at radius 3 is 2.71 bits per heavy atom. The first kappa shape index (κ1) is 23.1. The molecule has 3 fully saturated rings. The number of fused-ring (bicyclic) bond motifs is 1. The van der Waals surface area contributed by atoms with Gasteiger partial charge in [0.1, 0.15) is 5.75 Å². The summed E-state index contributed by atoms with van der Waals surface area (Å²) in [6, 6.07) is 13.1. The fraction of sp³-hybridized carbons (Fsp3) is 0.552. The van der Waals surface area contributed by atoms with E-state index in [2.05, 4.69) is 39.9 Å². The Morgan fingerprint density at radius 2 is 1.86 bits per heavy atom. The van der Waals surface area contributed by atoms with Crippen LogP contribution >= 0.6 is 12.2 Å².